The molecule has 19 heavy (non-hydrogen) atoms. The molecule has 0 saturated carbocycles. The second-order valence-corrected chi connectivity index (χ2v) is 3.59. The maximum Gasteiger partial charge on any atom is 0.313 e. The summed E-state index contributed by atoms with van der Waals surface area (Å²) in [6.07, 6.45) is -0.462. The van der Waals surface area contributed by atoms with Crippen LogP contribution in [0, 0.1) is 5.82 Å². The molecule has 0 unspecified atom stereocenters. The first-order valence-corrected chi connectivity index (χ1v) is 5.63. The summed E-state index contributed by atoms with van der Waals surface area (Å²) >= 11 is 0. The lowest BCUT2D eigenvalue weighted by Gasteiger charge is -2.10. The van der Waals surface area contributed by atoms with Crippen LogP contribution in [0.4, 0.5) is 4.39 Å². The van der Waals surface area contributed by atoms with Gasteiger partial charge in [0.25, 0.3) is 0 Å². The average molecular weight is 270 g/mol. The lowest BCUT2D eigenvalue weighted by Crippen LogP contribution is -2.12. The van der Waals surface area contributed by atoms with Crippen molar-refractivity contribution in [2.75, 3.05) is 20.8 Å². The van der Waals surface area contributed by atoms with Gasteiger partial charge in [-0.15, -0.1) is 0 Å². The highest BCUT2D eigenvalue weighted by molar-refractivity contribution is 6.07. The van der Waals surface area contributed by atoms with Gasteiger partial charge in [0.2, 0.25) is 0 Å². The summed E-state index contributed by atoms with van der Waals surface area (Å²) in [5.41, 5.74) is -0.0196. The molecule has 5 nitrogen and oxygen atoms in total. The summed E-state index contributed by atoms with van der Waals surface area (Å²) in [4.78, 5) is 23.1. The Kier molecular flexibility index (Phi) is 5.29. The molecule has 0 fully saturated rings. The maximum atomic E-state index is 13.6. The minimum atomic E-state index is -0.699. The molecule has 0 spiro atoms. The van der Waals surface area contributed by atoms with Gasteiger partial charge in [0, 0.05) is 6.07 Å². The molecule has 0 aromatic heterocycles. The molecule has 0 heterocycles. The zero-order chi connectivity index (χ0) is 14.4. The molecule has 0 radical (unpaired) electrons. The number of rotatable bonds is 6. The topological polar surface area (TPSA) is 61.8 Å². The van der Waals surface area contributed by atoms with Gasteiger partial charge in [-0.1, -0.05) is 0 Å². The molecule has 1 aromatic carbocycles. The first-order valence-electron chi connectivity index (χ1n) is 5.63. The molecule has 1 aromatic rings. The van der Waals surface area contributed by atoms with Gasteiger partial charge >= 0.3 is 5.97 Å². The van der Waals surface area contributed by atoms with Gasteiger partial charge in [-0.25, -0.2) is 4.39 Å². The minimum absolute atomic E-state index is 0.0196. The van der Waals surface area contributed by atoms with Crippen molar-refractivity contribution in [1.82, 2.24) is 0 Å². The predicted octanol–water partition coefficient (Wildman–Crippen LogP) is 1.98. The second-order valence-electron chi connectivity index (χ2n) is 3.59. The molecule has 1 rings (SSSR count). The first kappa shape index (κ1) is 14.9. The van der Waals surface area contributed by atoms with Gasteiger partial charge in [0.05, 0.1) is 26.4 Å². The van der Waals surface area contributed by atoms with Crippen LogP contribution in [0.1, 0.15) is 23.7 Å². The highest BCUT2D eigenvalue weighted by atomic mass is 19.1. The van der Waals surface area contributed by atoms with Crippen molar-refractivity contribution >= 4 is 11.8 Å². The number of esters is 1. The lowest BCUT2D eigenvalue weighted by atomic mass is 10.1. The highest BCUT2D eigenvalue weighted by Crippen LogP contribution is 2.28. The van der Waals surface area contributed by atoms with E-state index in [-0.39, 0.29) is 23.7 Å². The summed E-state index contributed by atoms with van der Waals surface area (Å²) in [6, 6.07) is 2.24. The molecule has 104 valence electrons. The minimum Gasteiger partial charge on any atom is -0.496 e. The second kappa shape index (κ2) is 6.72. The number of ketones is 1. The van der Waals surface area contributed by atoms with E-state index in [2.05, 4.69) is 4.74 Å². The van der Waals surface area contributed by atoms with E-state index < -0.39 is 24.0 Å². The van der Waals surface area contributed by atoms with Crippen LogP contribution in [-0.4, -0.2) is 32.6 Å². The number of Topliss-reactive ketones (excluding diaryl/α,β-unsaturated/α-hetero) is 1. The van der Waals surface area contributed by atoms with Crippen LogP contribution in [0.5, 0.6) is 11.5 Å². The summed E-state index contributed by atoms with van der Waals surface area (Å²) in [5.74, 6) is -1.82. The molecule has 0 saturated heterocycles. The van der Waals surface area contributed by atoms with Crippen LogP contribution in [0.2, 0.25) is 0 Å². The van der Waals surface area contributed by atoms with Crippen molar-refractivity contribution in [2.45, 2.75) is 13.3 Å². The fraction of sp³-hybridized carbons (Fsp3) is 0.385. The third kappa shape index (κ3) is 3.67. The van der Waals surface area contributed by atoms with Crippen LogP contribution in [0.15, 0.2) is 12.1 Å². The fourth-order valence-electron chi connectivity index (χ4n) is 1.52. The normalized spacial score (nSPS) is 9.89. The Morgan fingerprint density at radius 1 is 1.16 bits per heavy atom. The third-order valence-electron chi connectivity index (χ3n) is 2.38. The number of ether oxygens (including phenoxy) is 3. The van der Waals surface area contributed by atoms with E-state index in [0.29, 0.717) is 0 Å². The third-order valence-corrected chi connectivity index (χ3v) is 2.38. The van der Waals surface area contributed by atoms with Gasteiger partial charge in [-0.3, -0.25) is 9.59 Å². The van der Waals surface area contributed by atoms with Crippen LogP contribution in [0.3, 0.4) is 0 Å². The van der Waals surface area contributed by atoms with Gasteiger partial charge in [-0.05, 0) is 13.0 Å². The number of carbonyl (C=O) groups is 2. The largest absolute Gasteiger partial charge is 0.496 e. The zero-order valence-electron chi connectivity index (χ0n) is 11.0. The fourth-order valence-corrected chi connectivity index (χ4v) is 1.52. The van der Waals surface area contributed by atoms with Gasteiger partial charge in [0.15, 0.2) is 17.3 Å². The lowest BCUT2D eigenvalue weighted by molar-refractivity contribution is -0.141. The van der Waals surface area contributed by atoms with Gasteiger partial charge in [-0.2, -0.15) is 0 Å². The Morgan fingerprint density at radius 3 is 2.32 bits per heavy atom. The molecule has 6 heteroatoms. The van der Waals surface area contributed by atoms with Crippen molar-refractivity contribution in [3.8, 4) is 11.5 Å². The molecular formula is C13H15FO5. The number of hydrogen-bond acceptors (Lipinski definition) is 5. The zero-order valence-corrected chi connectivity index (χ0v) is 11.0. The number of methoxy groups -OCH3 is 2. The highest BCUT2D eigenvalue weighted by Gasteiger charge is 2.20. The van der Waals surface area contributed by atoms with Crippen LogP contribution < -0.4 is 9.47 Å². The summed E-state index contributed by atoms with van der Waals surface area (Å²) in [6.45, 7) is 1.82. The molecule has 0 aliphatic heterocycles. The Hall–Kier alpha value is -2.11. The van der Waals surface area contributed by atoms with Crippen LogP contribution >= 0.6 is 0 Å². The predicted molar refractivity (Wildman–Crippen MR) is 65.1 cm³/mol. The van der Waals surface area contributed by atoms with Gasteiger partial charge in [0.1, 0.15) is 12.2 Å². The van der Waals surface area contributed by atoms with Crippen molar-refractivity contribution in [3.05, 3.63) is 23.5 Å². The first-order chi connectivity index (χ1) is 9.03. The van der Waals surface area contributed by atoms with Crippen molar-refractivity contribution in [3.63, 3.8) is 0 Å². The molecule has 0 aliphatic carbocycles. The standard InChI is InChI=1S/C13H15FO5/c1-4-19-13(16)6-10(15)8-5-9(14)12(18-3)7-11(8)17-2/h5,7H,4,6H2,1-3H3. The summed E-state index contributed by atoms with van der Waals surface area (Å²) in [7, 11) is 2.64. The Balaban J connectivity index is 3.02. The Labute approximate surface area is 110 Å². The van der Waals surface area contributed by atoms with Crippen LogP contribution in [-0.2, 0) is 9.53 Å². The number of carbonyl (C=O) groups excluding carboxylic acids is 2. The van der Waals surface area contributed by atoms with E-state index in [1.165, 1.54) is 20.3 Å². The average Bonchev–Trinajstić information content (AvgIpc) is 2.38. The molecule has 0 amide bonds. The van der Waals surface area contributed by atoms with Crippen LogP contribution in [0.25, 0.3) is 0 Å². The van der Waals surface area contributed by atoms with E-state index in [0.717, 1.165) is 6.07 Å². The number of benzene rings is 1. The smallest absolute Gasteiger partial charge is 0.313 e. The van der Waals surface area contributed by atoms with Gasteiger partial charge < -0.3 is 14.2 Å². The van der Waals surface area contributed by atoms with E-state index in [9.17, 15) is 14.0 Å². The monoisotopic (exact) mass is 270 g/mol. The van der Waals surface area contributed by atoms with E-state index in [1.54, 1.807) is 6.92 Å². The Morgan fingerprint density at radius 2 is 1.79 bits per heavy atom. The SMILES string of the molecule is CCOC(=O)CC(=O)c1cc(F)c(OC)cc1OC. The Bertz CT molecular complexity index is 484. The molecule has 0 atom stereocenters. The summed E-state index contributed by atoms with van der Waals surface area (Å²) in [5, 5.41) is 0. The quantitative estimate of drug-likeness (QED) is 0.449. The van der Waals surface area contributed by atoms with Crippen molar-refractivity contribution < 1.29 is 28.2 Å². The number of hydrogen-bond donors (Lipinski definition) is 0. The van der Waals surface area contributed by atoms with Crippen molar-refractivity contribution in [2.24, 2.45) is 0 Å². The van der Waals surface area contributed by atoms with E-state index in [1.807, 2.05) is 0 Å². The molecule has 0 bridgehead atoms. The molecule has 0 N–H and O–H groups in total. The molecular weight excluding hydrogens is 255 g/mol. The maximum absolute atomic E-state index is 13.6. The van der Waals surface area contributed by atoms with E-state index in [4.69, 9.17) is 9.47 Å². The molecule has 0 aliphatic rings. The van der Waals surface area contributed by atoms with E-state index >= 15 is 0 Å². The van der Waals surface area contributed by atoms with Crippen molar-refractivity contribution in [1.29, 1.82) is 0 Å². The number of halogens is 1. The summed E-state index contributed by atoms with van der Waals surface area (Å²) < 4.78 is 28.0.